The van der Waals surface area contributed by atoms with E-state index in [4.69, 9.17) is 14.7 Å². The fraction of sp³-hybridized carbons (Fsp3) is 0.265. The van der Waals surface area contributed by atoms with Crippen molar-refractivity contribution in [2.24, 2.45) is 5.41 Å². The largest absolute Gasteiger partial charge is 0.478 e. The SMILES string of the molecule is Cc1cc(Cc2nc3c(F)cc(C(=O)O)cc3n2C2COCC2(C)C)c(F)cc1-c1ccnc(OCc2ccc(C#N)cc2F)n1. The highest BCUT2D eigenvalue weighted by molar-refractivity contribution is 5.93. The molecule has 1 fully saturated rings. The summed E-state index contributed by atoms with van der Waals surface area (Å²) in [4.78, 5) is 24.7. The molecule has 46 heavy (non-hydrogen) atoms. The number of nitrogens with zero attached hydrogens (tertiary/aromatic N) is 5. The molecule has 0 radical (unpaired) electrons. The highest BCUT2D eigenvalue weighted by atomic mass is 19.1. The number of carboxylic acids is 1. The number of rotatable bonds is 8. The van der Waals surface area contributed by atoms with Crippen LogP contribution >= 0.6 is 0 Å². The standard InChI is InChI=1S/C34H28F3N5O4/c1-18-8-21(12-30-41-31-26(37)10-22(32(43)44)11-28(31)42(30)29-16-45-17-34(29,2)3)25(36)13-23(18)27-6-7-39-33(40-27)46-15-20-5-4-19(14-38)9-24(20)35/h4-11,13,29H,12,15-17H2,1-3H3,(H,43,44). The minimum absolute atomic E-state index is 0.00431. The summed E-state index contributed by atoms with van der Waals surface area (Å²) in [6.07, 6.45) is 1.45. The molecule has 9 nitrogen and oxygen atoms in total. The summed E-state index contributed by atoms with van der Waals surface area (Å²) in [7, 11) is 0. The number of aromatic nitrogens is 4. The highest BCUT2D eigenvalue weighted by Gasteiger charge is 2.39. The van der Waals surface area contributed by atoms with Gasteiger partial charge in [-0.25, -0.2) is 27.9 Å². The quantitative estimate of drug-likeness (QED) is 0.205. The highest BCUT2D eigenvalue weighted by Crippen LogP contribution is 2.41. The Bertz CT molecular complexity index is 2050. The summed E-state index contributed by atoms with van der Waals surface area (Å²) in [5.41, 5.74) is 1.98. The number of hydrogen-bond donors (Lipinski definition) is 1. The second-order valence-electron chi connectivity index (χ2n) is 11.9. The maximum absolute atomic E-state index is 15.8. The third-order valence-corrected chi connectivity index (χ3v) is 8.22. The maximum Gasteiger partial charge on any atom is 0.335 e. The van der Waals surface area contributed by atoms with Gasteiger partial charge in [-0.2, -0.15) is 10.2 Å². The first-order valence-corrected chi connectivity index (χ1v) is 14.4. The predicted octanol–water partition coefficient (Wildman–Crippen LogP) is 6.56. The molecule has 0 amide bonds. The third-order valence-electron chi connectivity index (χ3n) is 8.22. The molecular weight excluding hydrogens is 599 g/mol. The van der Waals surface area contributed by atoms with Gasteiger partial charge in [0.2, 0.25) is 0 Å². The van der Waals surface area contributed by atoms with E-state index in [-0.39, 0.29) is 52.7 Å². The van der Waals surface area contributed by atoms with E-state index >= 15 is 8.78 Å². The molecule has 1 saturated heterocycles. The van der Waals surface area contributed by atoms with E-state index in [2.05, 4.69) is 15.0 Å². The molecule has 12 heteroatoms. The topological polar surface area (TPSA) is 123 Å². The van der Waals surface area contributed by atoms with Crippen molar-refractivity contribution in [1.29, 1.82) is 5.26 Å². The number of nitriles is 1. The van der Waals surface area contributed by atoms with Crippen molar-refractivity contribution in [3.05, 3.63) is 106 Å². The van der Waals surface area contributed by atoms with Crippen LogP contribution in [0.15, 0.2) is 54.7 Å². The Labute approximate surface area is 261 Å². The molecular formula is C34H28F3N5O4. The smallest absolute Gasteiger partial charge is 0.335 e. The molecule has 1 unspecified atom stereocenters. The summed E-state index contributed by atoms with van der Waals surface area (Å²) in [5, 5.41) is 18.5. The van der Waals surface area contributed by atoms with Gasteiger partial charge in [0.25, 0.3) is 0 Å². The number of carbonyl (C=O) groups is 1. The average molecular weight is 628 g/mol. The van der Waals surface area contributed by atoms with Crippen molar-refractivity contribution in [2.45, 2.75) is 39.8 Å². The molecule has 6 rings (SSSR count). The van der Waals surface area contributed by atoms with Crippen LogP contribution in [-0.4, -0.2) is 43.8 Å². The zero-order chi connectivity index (χ0) is 32.7. The van der Waals surface area contributed by atoms with E-state index in [0.29, 0.717) is 46.9 Å². The van der Waals surface area contributed by atoms with Gasteiger partial charge < -0.3 is 19.1 Å². The van der Waals surface area contributed by atoms with Crippen molar-refractivity contribution < 1.29 is 32.5 Å². The van der Waals surface area contributed by atoms with Gasteiger partial charge in [-0.1, -0.05) is 26.0 Å². The summed E-state index contributed by atoms with van der Waals surface area (Å²) in [5.74, 6) is -2.81. The zero-order valence-electron chi connectivity index (χ0n) is 25.1. The number of halogens is 3. The van der Waals surface area contributed by atoms with Crippen LogP contribution < -0.4 is 4.74 Å². The third kappa shape index (κ3) is 5.77. The number of carboxylic acid groups (broad SMARTS) is 1. The molecule has 0 saturated carbocycles. The molecule has 1 aliphatic rings. The van der Waals surface area contributed by atoms with Crippen LogP contribution in [0.25, 0.3) is 22.3 Å². The van der Waals surface area contributed by atoms with Crippen LogP contribution in [0.4, 0.5) is 13.2 Å². The van der Waals surface area contributed by atoms with Gasteiger partial charge in [0.15, 0.2) is 5.82 Å². The number of fused-ring (bicyclic) bond motifs is 1. The van der Waals surface area contributed by atoms with E-state index in [1.807, 2.05) is 19.9 Å². The molecule has 1 aliphatic heterocycles. The van der Waals surface area contributed by atoms with Crippen molar-refractivity contribution >= 4 is 17.0 Å². The van der Waals surface area contributed by atoms with Gasteiger partial charge in [0.1, 0.15) is 29.6 Å². The van der Waals surface area contributed by atoms with Crippen LogP contribution in [0.3, 0.4) is 0 Å². The summed E-state index contributed by atoms with van der Waals surface area (Å²) in [6.45, 7) is 6.36. The predicted molar refractivity (Wildman–Crippen MR) is 161 cm³/mol. The molecule has 5 aromatic rings. The first-order chi connectivity index (χ1) is 21.9. The number of aromatic carboxylic acids is 1. The minimum Gasteiger partial charge on any atom is -0.478 e. The summed E-state index contributed by atoms with van der Waals surface area (Å²) in [6, 6.07) is 12.5. The van der Waals surface area contributed by atoms with E-state index in [9.17, 15) is 14.3 Å². The summed E-state index contributed by atoms with van der Waals surface area (Å²) < 4.78 is 58.3. The lowest BCUT2D eigenvalue weighted by Gasteiger charge is -2.28. The van der Waals surface area contributed by atoms with Gasteiger partial charge in [-0.3, -0.25) is 0 Å². The van der Waals surface area contributed by atoms with Crippen LogP contribution in [0.5, 0.6) is 6.01 Å². The average Bonchev–Trinajstić information content (AvgIpc) is 3.56. The van der Waals surface area contributed by atoms with Gasteiger partial charge >= 0.3 is 12.0 Å². The van der Waals surface area contributed by atoms with Crippen molar-refractivity contribution in [3.8, 4) is 23.3 Å². The molecule has 3 aromatic carbocycles. The lowest BCUT2D eigenvalue weighted by Crippen LogP contribution is -2.27. The van der Waals surface area contributed by atoms with Crippen molar-refractivity contribution in [2.75, 3.05) is 13.2 Å². The Morgan fingerprint density at radius 2 is 1.87 bits per heavy atom. The van der Waals surface area contributed by atoms with E-state index in [0.717, 1.165) is 12.1 Å². The number of aryl methyl sites for hydroxylation is 1. The number of benzene rings is 3. The number of hydrogen-bond acceptors (Lipinski definition) is 7. The van der Waals surface area contributed by atoms with Gasteiger partial charge in [-0.15, -0.1) is 0 Å². The Kier molecular flexibility index (Phi) is 7.96. The fourth-order valence-corrected chi connectivity index (χ4v) is 5.74. The van der Waals surface area contributed by atoms with Crippen molar-refractivity contribution in [1.82, 2.24) is 19.5 Å². The molecule has 2 aromatic heterocycles. The van der Waals surface area contributed by atoms with E-state index in [1.165, 1.54) is 30.5 Å². The first kappa shape index (κ1) is 30.7. The van der Waals surface area contributed by atoms with Crippen LogP contribution in [0, 0.1) is 41.1 Å². The lowest BCUT2D eigenvalue weighted by molar-refractivity contribution is 0.0696. The van der Waals surface area contributed by atoms with E-state index < -0.39 is 23.4 Å². The second-order valence-corrected chi connectivity index (χ2v) is 11.9. The fourth-order valence-electron chi connectivity index (χ4n) is 5.74. The maximum atomic E-state index is 15.8. The Morgan fingerprint density at radius 1 is 1.09 bits per heavy atom. The van der Waals surface area contributed by atoms with Crippen LogP contribution in [0.2, 0.25) is 0 Å². The molecule has 234 valence electrons. The molecule has 3 heterocycles. The lowest BCUT2D eigenvalue weighted by atomic mass is 9.87. The minimum atomic E-state index is -1.27. The van der Waals surface area contributed by atoms with Gasteiger partial charge in [0, 0.05) is 29.2 Å². The van der Waals surface area contributed by atoms with Crippen LogP contribution in [0.1, 0.15) is 58.3 Å². The normalized spacial score (nSPS) is 15.6. The zero-order valence-corrected chi connectivity index (χ0v) is 25.1. The second kappa shape index (κ2) is 11.9. The molecule has 0 bridgehead atoms. The monoisotopic (exact) mass is 627 g/mol. The van der Waals surface area contributed by atoms with E-state index in [1.54, 1.807) is 23.6 Å². The molecule has 0 spiro atoms. The number of imidazole rings is 1. The van der Waals surface area contributed by atoms with Crippen molar-refractivity contribution in [3.63, 3.8) is 0 Å². The molecule has 1 atom stereocenters. The molecule has 0 aliphatic carbocycles. The first-order valence-electron chi connectivity index (χ1n) is 14.4. The Hall–Kier alpha value is -5.28. The number of ether oxygens (including phenoxy) is 2. The van der Waals surface area contributed by atoms with Crippen LogP contribution in [-0.2, 0) is 17.8 Å². The molecule has 1 N–H and O–H groups in total. The Morgan fingerprint density at radius 3 is 2.57 bits per heavy atom. The summed E-state index contributed by atoms with van der Waals surface area (Å²) >= 11 is 0. The Balaban J connectivity index is 1.32. The van der Waals surface area contributed by atoms with Gasteiger partial charge in [0.05, 0.1) is 47.7 Å². The van der Waals surface area contributed by atoms with Gasteiger partial charge in [-0.05, 0) is 54.4 Å².